The Kier molecular flexibility index (Phi) is 4.76. The second kappa shape index (κ2) is 6.54. The topological polar surface area (TPSA) is 68.0 Å². The van der Waals surface area contributed by atoms with E-state index in [9.17, 15) is 4.79 Å². The minimum atomic E-state index is -0.473. The SMILES string of the molecule is CSCC[C@@H](N)C(=O)Nc1cccc2ccncc12. The zero-order valence-electron chi connectivity index (χ0n) is 10.8. The van der Waals surface area contributed by atoms with Crippen LogP contribution in [0.1, 0.15) is 6.42 Å². The van der Waals surface area contributed by atoms with Gasteiger partial charge in [0.1, 0.15) is 0 Å². The van der Waals surface area contributed by atoms with Crippen molar-refractivity contribution in [2.45, 2.75) is 12.5 Å². The first-order valence-corrected chi connectivity index (χ1v) is 7.50. The largest absolute Gasteiger partial charge is 0.324 e. The molecule has 5 heteroatoms. The van der Waals surface area contributed by atoms with Gasteiger partial charge in [0.15, 0.2) is 0 Å². The number of carbonyl (C=O) groups is 1. The Morgan fingerprint density at radius 2 is 2.32 bits per heavy atom. The summed E-state index contributed by atoms with van der Waals surface area (Å²) in [5.74, 6) is 0.733. The highest BCUT2D eigenvalue weighted by molar-refractivity contribution is 7.98. The highest BCUT2D eigenvalue weighted by Gasteiger charge is 2.14. The summed E-state index contributed by atoms with van der Waals surface area (Å²) in [4.78, 5) is 16.1. The predicted molar refractivity (Wildman–Crippen MR) is 81.3 cm³/mol. The van der Waals surface area contributed by atoms with Gasteiger partial charge in [-0.25, -0.2) is 0 Å². The second-order valence-corrected chi connectivity index (χ2v) is 5.27. The molecule has 0 fully saturated rings. The lowest BCUT2D eigenvalue weighted by molar-refractivity contribution is -0.117. The molecule has 1 amide bonds. The molecule has 1 aromatic carbocycles. The van der Waals surface area contributed by atoms with Gasteiger partial charge in [-0.05, 0) is 35.9 Å². The van der Waals surface area contributed by atoms with E-state index in [4.69, 9.17) is 5.73 Å². The molecule has 19 heavy (non-hydrogen) atoms. The molecule has 0 aliphatic heterocycles. The van der Waals surface area contributed by atoms with Crippen molar-refractivity contribution in [3.63, 3.8) is 0 Å². The fourth-order valence-electron chi connectivity index (χ4n) is 1.82. The van der Waals surface area contributed by atoms with Gasteiger partial charge in [0.25, 0.3) is 0 Å². The normalized spacial score (nSPS) is 12.3. The van der Waals surface area contributed by atoms with Crippen molar-refractivity contribution in [2.24, 2.45) is 5.73 Å². The first kappa shape index (κ1) is 13.8. The van der Waals surface area contributed by atoms with Crippen molar-refractivity contribution >= 4 is 34.1 Å². The Bertz CT molecular complexity index is 568. The van der Waals surface area contributed by atoms with E-state index in [0.29, 0.717) is 6.42 Å². The number of nitrogens with two attached hydrogens (primary N) is 1. The predicted octanol–water partition coefficient (Wildman–Crippen LogP) is 2.25. The molecule has 1 aromatic heterocycles. The summed E-state index contributed by atoms with van der Waals surface area (Å²) >= 11 is 1.69. The van der Waals surface area contributed by atoms with Crippen molar-refractivity contribution in [2.75, 3.05) is 17.3 Å². The van der Waals surface area contributed by atoms with Crippen LogP contribution in [0.25, 0.3) is 10.8 Å². The highest BCUT2D eigenvalue weighted by atomic mass is 32.2. The summed E-state index contributed by atoms with van der Waals surface area (Å²) < 4.78 is 0. The molecule has 0 saturated heterocycles. The summed E-state index contributed by atoms with van der Waals surface area (Å²) in [6.07, 6.45) is 6.16. The molecule has 0 bridgehead atoms. The Morgan fingerprint density at radius 3 is 3.11 bits per heavy atom. The zero-order chi connectivity index (χ0) is 13.7. The van der Waals surface area contributed by atoms with E-state index in [1.165, 1.54) is 0 Å². The molecule has 100 valence electrons. The van der Waals surface area contributed by atoms with Crippen LogP contribution in [-0.2, 0) is 4.79 Å². The summed E-state index contributed by atoms with van der Waals surface area (Å²) in [5.41, 5.74) is 6.61. The van der Waals surface area contributed by atoms with Gasteiger partial charge in [-0.2, -0.15) is 11.8 Å². The quantitative estimate of drug-likeness (QED) is 0.878. The molecule has 0 aliphatic carbocycles. The van der Waals surface area contributed by atoms with Gasteiger partial charge in [-0.3, -0.25) is 9.78 Å². The maximum atomic E-state index is 12.0. The molecule has 2 rings (SSSR count). The molecular weight excluding hydrogens is 258 g/mol. The van der Waals surface area contributed by atoms with Crippen LogP contribution in [0.2, 0.25) is 0 Å². The van der Waals surface area contributed by atoms with Gasteiger partial charge in [0.2, 0.25) is 5.91 Å². The van der Waals surface area contributed by atoms with Gasteiger partial charge in [0, 0.05) is 17.8 Å². The summed E-state index contributed by atoms with van der Waals surface area (Å²) in [7, 11) is 0. The van der Waals surface area contributed by atoms with E-state index in [2.05, 4.69) is 10.3 Å². The van der Waals surface area contributed by atoms with Crippen LogP contribution < -0.4 is 11.1 Å². The van der Waals surface area contributed by atoms with Crippen LogP contribution in [0, 0.1) is 0 Å². The second-order valence-electron chi connectivity index (χ2n) is 4.28. The molecule has 0 radical (unpaired) electrons. The maximum absolute atomic E-state index is 12.0. The lowest BCUT2D eigenvalue weighted by Crippen LogP contribution is -2.36. The molecule has 0 unspecified atom stereocenters. The van der Waals surface area contributed by atoms with Gasteiger partial charge in [0.05, 0.1) is 11.7 Å². The molecule has 0 saturated carbocycles. The minimum absolute atomic E-state index is 0.148. The Labute approximate surface area is 116 Å². The number of hydrogen-bond donors (Lipinski definition) is 2. The average molecular weight is 275 g/mol. The van der Waals surface area contributed by atoms with E-state index < -0.39 is 6.04 Å². The van der Waals surface area contributed by atoms with Crippen molar-refractivity contribution in [3.05, 3.63) is 36.7 Å². The van der Waals surface area contributed by atoms with Gasteiger partial charge in [-0.15, -0.1) is 0 Å². The number of thioether (sulfide) groups is 1. The molecule has 1 heterocycles. The number of nitrogens with zero attached hydrogens (tertiary/aromatic N) is 1. The van der Waals surface area contributed by atoms with Gasteiger partial charge < -0.3 is 11.1 Å². The number of fused-ring (bicyclic) bond motifs is 1. The number of anilines is 1. The van der Waals surface area contributed by atoms with Crippen LogP contribution in [0.15, 0.2) is 36.7 Å². The minimum Gasteiger partial charge on any atom is -0.324 e. The van der Waals surface area contributed by atoms with E-state index in [0.717, 1.165) is 22.2 Å². The fraction of sp³-hybridized carbons (Fsp3) is 0.286. The zero-order valence-corrected chi connectivity index (χ0v) is 11.6. The molecule has 4 nitrogen and oxygen atoms in total. The molecular formula is C14H17N3OS. The number of rotatable bonds is 5. The third-order valence-corrected chi connectivity index (χ3v) is 3.56. The third-order valence-electron chi connectivity index (χ3n) is 2.91. The Morgan fingerprint density at radius 1 is 1.47 bits per heavy atom. The molecule has 0 spiro atoms. The smallest absolute Gasteiger partial charge is 0.241 e. The van der Waals surface area contributed by atoms with Gasteiger partial charge in [-0.1, -0.05) is 12.1 Å². The number of nitrogens with one attached hydrogen (secondary N) is 1. The van der Waals surface area contributed by atoms with E-state index in [1.54, 1.807) is 24.2 Å². The van der Waals surface area contributed by atoms with E-state index in [-0.39, 0.29) is 5.91 Å². The van der Waals surface area contributed by atoms with Crippen molar-refractivity contribution in [3.8, 4) is 0 Å². The number of amides is 1. The van der Waals surface area contributed by atoms with E-state index in [1.807, 2.05) is 30.5 Å². The monoisotopic (exact) mass is 275 g/mol. The van der Waals surface area contributed by atoms with Crippen molar-refractivity contribution < 1.29 is 4.79 Å². The molecule has 2 aromatic rings. The fourth-order valence-corrected chi connectivity index (χ4v) is 2.31. The number of aromatic nitrogens is 1. The highest BCUT2D eigenvalue weighted by Crippen LogP contribution is 2.22. The van der Waals surface area contributed by atoms with Crippen LogP contribution in [0.3, 0.4) is 0 Å². The summed E-state index contributed by atoms with van der Waals surface area (Å²) in [6, 6.07) is 7.20. The number of hydrogen-bond acceptors (Lipinski definition) is 4. The first-order chi connectivity index (χ1) is 9.22. The lowest BCUT2D eigenvalue weighted by Gasteiger charge is -2.13. The van der Waals surface area contributed by atoms with Crippen LogP contribution in [-0.4, -0.2) is 28.9 Å². The first-order valence-electron chi connectivity index (χ1n) is 6.10. The number of carbonyl (C=O) groups excluding carboxylic acids is 1. The Balaban J connectivity index is 2.15. The van der Waals surface area contributed by atoms with Crippen LogP contribution >= 0.6 is 11.8 Å². The Hall–Kier alpha value is -1.59. The maximum Gasteiger partial charge on any atom is 0.241 e. The lowest BCUT2D eigenvalue weighted by atomic mass is 10.1. The van der Waals surface area contributed by atoms with Gasteiger partial charge >= 0.3 is 0 Å². The van der Waals surface area contributed by atoms with Crippen molar-refractivity contribution in [1.29, 1.82) is 0 Å². The summed E-state index contributed by atoms with van der Waals surface area (Å²) in [6.45, 7) is 0. The average Bonchev–Trinajstić information content (AvgIpc) is 2.45. The van der Waals surface area contributed by atoms with Crippen LogP contribution in [0.5, 0.6) is 0 Å². The third kappa shape index (κ3) is 3.45. The standard InChI is InChI=1S/C14H17N3OS/c1-19-8-6-12(15)14(18)17-13-4-2-3-10-5-7-16-9-11(10)13/h2-5,7,9,12H,6,8,15H2,1H3,(H,17,18)/t12-/m1/s1. The number of benzene rings is 1. The molecule has 3 N–H and O–H groups in total. The molecule has 1 atom stereocenters. The summed E-state index contributed by atoms with van der Waals surface area (Å²) in [5, 5.41) is 4.85. The van der Waals surface area contributed by atoms with Crippen LogP contribution in [0.4, 0.5) is 5.69 Å². The number of pyridine rings is 1. The molecule has 0 aliphatic rings. The van der Waals surface area contributed by atoms with Crippen molar-refractivity contribution in [1.82, 2.24) is 4.98 Å². The van der Waals surface area contributed by atoms with E-state index >= 15 is 0 Å².